The number of carbonyl (C=O) groups excluding carboxylic acids is 2. The highest BCUT2D eigenvalue weighted by Gasteiger charge is 2.44. The minimum Gasteiger partial charge on any atom is -0.356 e. The molecule has 1 saturated carbocycles. The third-order valence-electron chi connectivity index (χ3n) is 4.40. The lowest BCUT2D eigenvalue weighted by Crippen LogP contribution is -2.36. The molecule has 5 heteroatoms. The van der Waals surface area contributed by atoms with Crippen molar-refractivity contribution in [2.24, 2.45) is 10.4 Å². The van der Waals surface area contributed by atoms with Gasteiger partial charge in [-0.3, -0.25) is 9.59 Å². The van der Waals surface area contributed by atoms with E-state index in [1.165, 1.54) is 0 Å². The highest BCUT2D eigenvalue weighted by molar-refractivity contribution is 6.04. The van der Waals surface area contributed by atoms with Crippen LogP contribution in [0.25, 0.3) is 0 Å². The molecule has 1 saturated heterocycles. The van der Waals surface area contributed by atoms with Gasteiger partial charge in [0.25, 0.3) is 5.91 Å². The summed E-state index contributed by atoms with van der Waals surface area (Å²) in [6.07, 6.45) is 4.07. The van der Waals surface area contributed by atoms with Gasteiger partial charge in [0, 0.05) is 24.4 Å². The van der Waals surface area contributed by atoms with Crippen LogP contribution >= 0.6 is 0 Å². The minimum absolute atomic E-state index is 0.121. The van der Waals surface area contributed by atoms with Crippen molar-refractivity contribution in [3.8, 4) is 0 Å². The summed E-state index contributed by atoms with van der Waals surface area (Å²) in [7, 11) is 0. The average Bonchev–Trinajstić information content (AvgIpc) is 2.80. The average molecular weight is 285 g/mol. The molecule has 5 nitrogen and oxygen atoms in total. The molecule has 1 N–H and O–H groups in total. The first kappa shape index (κ1) is 13.9. The summed E-state index contributed by atoms with van der Waals surface area (Å²) in [5, 5.41) is 2.90. The van der Waals surface area contributed by atoms with Crippen LogP contribution in [-0.4, -0.2) is 29.1 Å². The monoisotopic (exact) mass is 285 g/mol. The van der Waals surface area contributed by atoms with Crippen LogP contribution in [0.2, 0.25) is 0 Å². The zero-order valence-corrected chi connectivity index (χ0v) is 12.2. The first-order valence-electron chi connectivity index (χ1n) is 7.42. The summed E-state index contributed by atoms with van der Waals surface area (Å²) >= 11 is 0. The highest BCUT2D eigenvalue weighted by Crippen LogP contribution is 2.40. The Kier molecular flexibility index (Phi) is 3.57. The van der Waals surface area contributed by atoms with Gasteiger partial charge in [0.1, 0.15) is 5.69 Å². The van der Waals surface area contributed by atoms with Crippen LogP contribution < -0.4 is 5.32 Å². The van der Waals surface area contributed by atoms with E-state index < -0.39 is 0 Å². The standard InChI is InChI=1S/C16H19N3O2/c1-11-4-2-6-13(18-11)14(20)19-12-5-3-7-16(10-12)8-9-17-15(16)21/h2,4,6H,3,5,7-10H2,1H3,(H,17,21)/t16-/m0/s1. The summed E-state index contributed by atoms with van der Waals surface area (Å²) in [5.41, 5.74) is 1.69. The van der Waals surface area contributed by atoms with Gasteiger partial charge in [0.2, 0.25) is 5.91 Å². The number of carbonyl (C=O) groups is 2. The van der Waals surface area contributed by atoms with Crippen LogP contribution in [0.15, 0.2) is 23.2 Å². The number of rotatable bonds is 1. The van der Waals surface area contributed by atoms with Crippen molar-refractivity contribution in [1.82, 2.24) is 10.3 Å². The third-order valence-corrected chi connectivity index (χ3v) is 4.40. The molecule has 21 heavy (non-hydrogen) atoms. The number of hydrogen-bond donors (Lipinski definition) is 1. The van der Waals surface area contributed by atoms with Crippen molar-refractivity contribution < 1.29 is 9.59 Å². The fourth-order valence-electron chi connectivity index (χ4n) is 3.28. The lowest BCUT2D eigenvalue weighted by Gasteiger charge is -2.31. The second-order valence-electron chi connectivity index (χ2n) is 5.96. The van der Waals surface area contributed by atoms with Gasteiger partial charge in [-0.1, -0.05) is 6.07 Å². The van der Waals surface area contributed by atoms with Gasteiger partial charge in [-0.05, 0) is 44.7 Å². The Bertz CT molecular complexity index is 624. The number of aryl methyl sites for hydroxylation is 1. The van der Waals surface area contributed by atoms with E-state index in [9.17, 15) is 9.59 Å². The number of amides is 2. The fourth-order valence-corrected chi connectivity index (χ4v) is 3.28. The van der Waals surface area contributed by atoms with Gasteiger partial charge >= 0.3 is 0 Å². The number of aromatic nitrogens is 1. The van der Waals surface area contributed by atoms with E-state index in [1.54, 1.807) is 6.07 Å². The third kappa shape index (κ3) is 2.73. The second-order valence-corrected chi connectivity index (χ2v) is 5.96. The maximum Gasteiger partial charge on any atom is 0.295 e. The molecular formula is C16H19N3O2. The zero-order chi connectivity index (χ0) is 14.9. The molecule has 1 spiro atoms. The molecule has 0 aromatic carbocycles. The van der Waals surface area contributed by atoms with Crippen molar-refractivity contribution >= 4 is 17.5 Å². The summed E-state index contributed by atoms with van der Waals surface area (Å²) < 4.78 is 0. The van der Waals surface area contributed by atoms with E-state index in [0.717, 1.165) is 43.6 Å². The number of hydrogen-bond acceptors (Lipinski definition) is 3. The molecule has 2 fully saturated rings. The highest BCUT2D eigenvalue weighted by atomic mass is 16.2. The summed E-state index contributed by atoms with van der Waals surface area (Å²) in [6.45, 7) is 2.59. The minimum atomic E-state index is -0.322. The van der Waals surface area contributed by atoms with Crippen molar-refractivity contribution in [2.75, 3.05) is 6.54 Å². The van der Waals surface area contributed by atoms with E-state index in [0.29, 0.717) is 12.1 Å². The van der Waals surface area contributed by atoms with E-state index in [2.05, 4.69) is 15.3 Å². The Labute approximate surface area is 123 Å². The van der Waals surface area contributed by atoms with E-state index in [-0.39, 0.29) is 17.2 Å². The predicted octanol–water partition coefficient (Wildman–Crippen LogP) is 2.05. The molecule has 2 heterocycles. The normalized spacial score (nSPS) is 27.1. The van der Waals surface area contributed by atoms with E-state index in [4.69, 9.17) is 0 Å². The molecule has 2 aliphatic rings. The van der Waals surface area contributed by atoms with Crippen LogP contribution in [0.3, 0.4) is 0 Å². The molecular weight excluding hydrogens is 266 g/mol. The predicted molar refractivity (Wildman–Crippen MR) is 79.3 cm³/mol. The number of nitrogens with zero attached hydrogens (tertiary/aromatic N) is 2. The largest absolute Gasteiger partial charge is 0.356 e. The molecule has 0 radical (unpaired) electrons. The van der Waals surface area contributed by atoms with Crippen LogP contribution in [0, 0.1) is 12.3 Å². The molecule has 0 bridgehead atoms. The molecule has 1 aromatic rings. The van der Waals surface area contributed by atoms with Crippen molar-refractivity contribution in [2.45, 2.75) is 39.0 Å². The van der Waals surface area contributed by atoms with Crippen LogP contribution in [0.5, 0.6) is 0 Å². The van der Waals surface area contributed by atoms with Crippen molar-refractivity contribution in [3.63, 3.8) is 0 Å². The Morgan fingerprint density at radius 2 is 2.24 bits per heavy atom. The van der Waals surface area contributed by atoms with Crippen molar-refractivity contribution in [1.29, 1.82) is 0 Å². The Hall–Kier alpha value is -2.04. The maximum absolute atomic E-state index is 12.2. The van der Waals surface area contributed by atoms with Gasteiger partial charge in [0.05, 0.1) is 5.41 Å². The van der Waals surface area contributed by atoms with E-state index in [1.807, 2.05) is 19.1 Å². The van der Waals surface area contributed by atoms with Gasteiger partial charge in [-0.15, -0.1) is 0 Å². The smallest absolute Gasteiger partial charge is 0.295 e. The number of aliphatic imine (C=N–C) groups is 1. The summed E-state index contributed by atoms with van der Waals surface area (Å²) in [6, 6.07) is 5.34. The molecule has 1 aliphatic carbocycles. The fraction of sp³-hybridized carbons (Fsp3) is 0.500. The van der Waals surface area contributed by atoms with Gasteiger partial charge in [-0.25, -0.2) is 9.98 Å². The first-order chi connectivity index (χ1) is 10.1. The van der Waals surface area contributed by atoms with Crippen LogP contribution in [0.1, 0.15) is 48.3 Å². The Morgan fingerprint density at radius 1 is 1.38 bits per heavy atom. The second kappa shape index (κ2) is 5.39. The quantitative estimate of drug-likeness (QED) is 0.858. The van der Waals surface area contributed by atoms with Gasteiger partial charge < -0.3 is 5.32 Å². The lowest BCUT2D eigenvalue weighted by atomic mass is 9.72. The Balaban J connectivity index is 1.80. The van der Waals surface area contributed by atoms with Crippen LogP contribution in [-0.2, 0) is 4.79 Å². The van der Waals surface area contributed by atoms with Crippen molar-refractivity contribution in [3.05, 3.63) is 29.6 Å². The number of pyridine rings is 1. The molecule has 2 amide bonds. The first-order valence-corrected chi connectivity index (χ1v) is 7.42. The lowest BCUT2D eigenvalue weighted by molar-refractivity contribution is -0.128. The van der Waals surface area contributed by atoms with Gasteiger partial charge in [0.15, 0.2) is 0 Å². The van der Waals surface area contributed by atoms with E-state index >= 15 is 0 Å². The zero-order valence-electron chi connectivity index (χ0n) is 12.2. The maximum atomic E-state index is 12.2. The Morgan fingerprint density at radius 3 is 2.95 bits per heavy atom. The molecule has 1 atom stereocenters. The molecule has 1 aliphatic heterocycles. The molecule has 0 unspecified atom stereocenters. The van der Waals surface area contributed by atoms with Crippen LogP contribution in [0.4, 0.5) is 0 Å². The molecule has 110 valence electrons. The topological polar surface area (TPSA) is 71.4 Å². The SMILES string of the molecule is Cc1cccc(C(=O)N=C2CCC[C@]3(CCNC3=O)C2)n1. The summed E-state index contributed by atoms with van der Waals surface area (Å²) in [5.74, 6) is -0.180. The molecule has 3 rings (SSSR count). The molecule has 1 aromatic heterocycles. The number of nitrogens with one attached hydrogen (secondary N) is 1. The van der Waals surface area contributed by atoms with Gasteiger partial charge in [-0.2, -0.15) is 0 Å². The summed E-state index contributed by atoms with van der Waals surface area (Å²) in [4.78, 5) is 32.7.